The van der Waals surface area contributed by atoms with Gasteiger partial charge in [0.1, 0.15) is 5.82 Å². The van der Waals surface area contributed by atoms with Gasteiger partial charge in [0, 0.05) is 43.4 Å². The Morgan fingerprint density at radius 1 is 1.27 bits per heavy atom. The molecule has 1 fully saturated rings. The van der Waals surface area contributed by atoms with E-state index in [9.17, 15) is 9.59 Å². The Morgan fingerprint density at radius 2 is 2.08 bits per heavy atom. The first-order valence-corrected chi connectivity index (χ1v) is 9.45. The van der Waals surface area contributed by atoms with E-state index >= 15 is 0 Å². The maximum atomic E-state index is 13.2. The third-order valence-corrected chi connectivity index (χ3v) is 5.57. The number of nitrogens with one attached hydrogen (secondary N) is 1. The minimum absolute atomic E-state index is 0.0232. The van der Waals surface area contributed by atoms with Crippen molar-refractivity contribution in [1.29, 1.82) is 0 Å². The van der Waals surface area contributed by atoms with Crippen LogP contribution in [0, 0.1) is 6.92 Å². The third-order valence-electron chi connectivity index (χ3n) is 5.57. The number of rotatable bonds is 2. The standard InChI is InChI=1S/C19H25N5O2/c1-12-20-15(10-17(25)21-12)13-6-5-9-24(11-13)19(26)18-14-7-3-4-8-16(14)23(2)22-18/h10,13H,3-9,11H2,1-2H3,(H,20,21,25)/t13-/m0/s1. The number of H-pyrrole nitrogens is 1. The van der Waals surface area contributed by atoms with Gasteiger partial charge >= 0.3 is 0 Å². The number of amides is 1. The number of piperidine rings is 1. The molecule has 0 aromatic carbocycles. The van der Waals surface area contributed by atoms with Crippen molar-refractivity contribution >= 4 is 5.91 Å². The average Bonchev–Trinajstić information content (AvgIpc) is 2.98. The van der Waals surface area contributed by atoms with Crippen molar-refractivity contribution < 1.29 is 4.79 Å². The van der Waals surface area contributed by atoms with Gasteiger partial charge in [-0.25, -0.2) is 4.98 Å². The molecule has 138 valence electrons. The molecule has 0 spiro atoms. The lowest BCUT2D eigenvalue weighted by Gasteiger charge is -2.32. The largest absolute Gasteiger partial charge is 0.337 e. The highest BCUT2D eigenvalue weighted by Gasteiger charge is 2.31. The van der Waals surface area contributed by atoms with E-state index in [1.807, 2.05) is 16.6 Å². The third kappa shape index (κ3) is 3.06. The molecule has 0 saturated carbocycles. The predicted molar refractivity (Wildman–Crippen MR) is 97.3 cm³/mol. The average molecular weight is 355 g/mol. The van der Waals surface area contributed by atoms with Crippen LogP contribution in [0.15, 0.2) is 10.9 Å². The van der Waals surface area contributed by atoms with Crippen molar-refractivity contribution in [2.45, 2.75) is 51.4 Å². The molecular formula is C19H25N5O2. The van der Waals surface area contributed by atoms with Gasteiger partial charge in [0.15, 0.2) is 5.69 Å². The molecule has 1 aliphatic heterocycles. The number of aromatic nitrogens is 4. The van der Waals surface area contributed by atoms with Crippen LogP contribution < -0.4 is 5.56 Å². The SMILES string of the molecule is Cc1nc([C@H]2CCCN(C(=O)c3nn(C)c4c3CCCC4)C2)cc(=O)[nH]1. The van der Waals surface area contributed by atoms with Crippen molar-refractivity contribution in [2.24, 2.45) is 7.05 Å². The molecule has 4 rings (SSSR count). The molecule has 0 unspecified atom stereocenters. The van der Waals surface area contributed by atoms with E-state index in [0.29, 0.717) is 18.1 Å². The molecule has 1 aliphatic carbocycles. The van der Waals surface area contributed by atoms with Gasteiger partial charge in [0.25, 0.3) is 11.5 Å². The first-order valence-electron chi connectivity index (χ1n) is 9.45. The molecule has 2 aromatic rings. The smallest absolute Gasteiger partial charge is 0.274 e. The summed E-state index contributed by atoms with van der Waals surface area (Å²) in [7, 11) is 1.93. The monoisotopic (exact) mass is 355 g/mol. The summed E-state index contributed by atoms with van der Waals surface area (Å²) in [6, 6.07) is 1.56. The molecule has 7 nitrogen and oxygen atoms in total. The number of aromatic amines is 1. The Bertz CT molecular complexity index is 898. The lowest BCUT2D eigenvalue weighted by Crippen LogP contribution is -2.40. The second-order valence-corrected chi connectivity index (χ2v) is 7.45. The highest BCUT2D eigenvalue weighted by molar-refractivity contribution is 5.94. The molecule has 1 atom stereocenters. The maximum Gasteiger partial charge on any atom is 0.274 e. The topological polar surface area (TPSA) is 83.9 Å². The number of carbonyl (C=O) groups excluding carboxylic acids is 1. The summed E-state index contributed by atoms with van der Waals surface area (Å²) in [6.07, 6.45) is 6.09. The second-order valence-electron chi connectivity index (χ2n) is 7.45. The van der Waals surface area contributed by atoms with Gasteiger partial charge in [-0.2, -0.15) is 5.10 Å². The van der Waals surface area contributed by atoms with Crippen molar-refractivity contribution in [3.8, 4) is 0 Å². The Balaban J connectivity index is 1.58. The van der Waals surface area contributed by atoms with Crippen LogP contribution in [0.1, 0.15) is 64.9 Å². The Hall–Kier alpha value is -2.44. The number of hydrogen-bond acceptors (Lipinski definition) is 4. The fourth-order valence-corrected chi connectivity index (χ4v) is 4.31. The highest BCUT2D eigenvalue weighted by Crippen LogP contribution is 2.29. The number of hydrogen-bond donors (Lipinski definition) is 1. The number of fused-ring (bicyclic) bond motifs is 1. The molecule has 1 amide bonds. The van der Waals surface area contributed by atoms with E-state index in [-0.39, 0.29) is 17.4 Å². The summed E-state index contributed by atoms with van der Waals surface area (Å²) in [5.74, 6) is 0.748. The van der Waals surface area contributed by atoms with E-state index in [1.165, 1.54) is 12.1 Å². The molecule has 2 aliphatic rings. The lowest BCUT2D eigenvalue weighted by molar-refractivity contribution is 0.0698. The van der Waals surface area contributed by atoms with Gasteiger partial charge in [0.2, 0.25) is 0 Å². The fourth-order valence-electron chi connectivity index (χ4n) is 4.31. The van der Waals surface area contributed by atoms with Gasteiger partial charge < -0.3 is 9.88 Å². The van der Waals surface area contributed by atoms with Crippen molar-refractivity contribution in [1.82, 2.24) is 24.6 Å². The minimum atomic E-state index is -0.130. The maximum absolute atomic E-state index is 13.2. The quantitative estimate of drug-likeness (QED) is 0.889. The molecule has 2 aromatic heterocycles. The van der Waals surface area contributed by atoms with Crippen molar-refractivity contribution in [2.75, 3.05) is 13.1 Å². The second kappa shape index (κ2) is 6.70. The van der Waals surface area contributed by atoms with E-state index in [1.54, 1.807) is 13.0 Å². The molecule has 7 heteroatoms. The summed E-state index contributed by atoms with van der Waals surface area (Å²) in [5.41, 5.74) is 3.62. The molecule has 26 heavy (non-hydrogen) atoms. The van der Waals surface area contributed by atoms with Crippen LogP contribution in [0.2, 0.25) is 0 Å². The summed E-state index contributed by atoms with van der Waals surface area (Å²) in [4.78, 5) is 34.0. The Labute approximate surface area is 152 Å². The van der Waals surface area contributed by atoms with Crippen molar-refractivity contribution in [3.05, 3.63) is 44.9 Å². The Kier molecular flexibility index (Phi) is 4.38. The van der Waals surface area contributed by atoms with Gasteiger partial charge in [-0.15, -0.1) is 0 Å². The van der Waals surface area contributed by atoms with Crippen LogP contribution in [0.5, 0.6) is 0 Å². The minimum Gasteiger partial charge on any atom is -0.337 e. The van der Waals surface area contributed by atoms with E-state index in [2.05, 4.69) is 15.1 Å². The first-order chi connectivity index (χ1) is 12.5. The first kappa shape index (κ1) is 17.0. The molecule has 0 radical (unpaired) electrons. The van der Waals surface area contributed by atoms with Crippen LogP contribution in [0.4, 0.5) is 0 Å². The van der Waals surface area contributed by atoms with Crippen LogP contribution in [0.25, 0.3) is 0 Å². The number of nitrogens with zero attached hydrogens (tertiary/aromatic N) is 4. The van der Waals surface area contributed by atoms with E-state index in [4.69, 9.17) is 0 Å². The summed E-state index contributed by atoms with van der Waals surface area (Å²) in [6.45, 7) is 3.12. The predicted octanol–water partition coefficient (Wildman–Crippen LogP) is 1.71. The van der Waals surface area contributed by atoms with Crippen LogP contribution >= 0.6 is 0 Å². The summed E-state index contributed by atoms with van der Waals surface area (Å²) in [5, 5.41) is 4.55. The number of aryl methyl sites for hydroxylation is 2. The zero-order valence-corrected chi connectivity index (χ0v) is 15.4. The van der Waals surface area contributed by atoms with Gasteiger partial charge in [-0.05, 0) is 45.4 Å². The normalized spacial score (nSPS) is 20.1. The van der Waals surface area contributed by atoms with Crippen LogP contribution in [-0.4, -0.2) is 43.6 Å². The zero-order valence-electron chi connectivity index (χ0n) is 15.4. The van der Waals surface area contributed by atoms with Gasteiger partial charge in [-0.3, -0.25) is 14.3 Å². The Morgan fingerprint density at radius 3 is 2.88 bits per heavy atom. The summed E-state index contributed by atoms with van der Waals surface area (Å²) >= 11 is 0. The zero-order chi connectivity index (χ0) is 18.3. The van der Waals surface area contributed by atoms with E-state index < -0.39 is 0 Å². The van der Waals surface area contributed by atoms with E-state index in [0.717, 1.165) is 49.9 Å². The number of likely N-dealkylation sites (tertiary alicyclic amines) is 1. The highest BCUT2D eigenvalue weighted by atomic mass is 16.2. The van der Waals surface area contributed by atoms with Crippen molar-refractivity contribution in [3.63, 3.8) is 0 Å². The van der Waals surface area contributed by atoms with Crippen LogP contribution in [-0.2, 0) is 19.9 Å². The van der Waals surface area contributed by atoms with Gasteiger partial charge in [0.05, 0.1) is 5.69 Å². The molecule has 1 N–H and O–H groups in total. The summed E-state index contributed by atoms with van der Waals surface area (Å²) < 4.78 is 1.88. The lowest BCUT2D eigenvalue weighted by atomic mass is 9.92. The van der Waals surface area contributed by atoms with Crippen LogP contribution in [0.3, 0.4) is 0 Å². The fraction of sp³-hybridized carbons (Fsp3) is 0.579. The molecule has 1 saturated heterocycles. The van der Waals surface area contributed by atoms with Gasteiger partial charge in [-0.1, -0.05) is 0 Å². The molecule has 0 bridgehead atoms. The molecular weight excluding hydrogens is 330 g/mol. The number of carbonyl (C=O) groups is 1. The molecule has 3 heterocycles.